The van der Waals surface area contributed by atoms with Crippen LogP contribution in [0.4, 0.5) is 5.69 Å². The van der Waals surface area contributed by atoms with Gasteiger partial charge in [-0.1, -0.05) is 6.07 Å². The van der Waals surface area contributed by atoms with Crippen LogP contribution in [-0.2, 0) is 4.79 Å². The molecule has 1 aromatic rings. The van der Waals surface area contributed by atoms with Gasteiger partial charge in [0.1, 0.15) is 6.04 Å². The summed E-state index contributed by atoms with van der Waals surface area (Å²) in [6, 6.07) is 4.42. The summed E-state index contributed by atoms with van der Waals surface area (Å²) in [5, 5.41) is 5.25. The van der Waals surface area contributed by atoms with Gasteiger partial charge in [0.15, 0.2) is 0 Å². The highest BCUT2D eigenvalue weighted by molar-refractivity contribution is 9.10. The summed E-state index contributed by atoms with van der Waals surface area (Å²) in [6.07, 6.45) is 0. The summed E-state index contributed by atoms with van der Waals surface area (Å²) in [5.74, 6) is -0.557. The number of nitrogens with one attached hydrogen (secondary N) is 2. The first-order valence-electron chi connectivity index (χ1n) is 5.60. The standard InChI is InChI=1S/C12H16BrN3O2/c1-3-15-11(17)7(2)16-12(18)8-5-4-6-9(14)10(8)13/h4-7H,3,14H2,1-2H3,(H,15,17)(H,16,18). The van der Waals surface area contributed by atoms with E-state index in [4.69, 9.17) is 5.73 Å². The number of nitrogens with two attached hydrogens (primary N) is 1. The predicted molar refractivity (Wildman–Crippen MR) is 74.2 cm³/mol. The zero-order valence-corrected chi connectivity index (χ0v) is 11.9. The molecule has 2 amide bonds. The molecule has 98 valence electrons. The first-order chi connectivity index (χ1) is 8.47. The van der Waals surface area contributed by atoms with E-state index in [1.54, 1.807) is 25.1 Å². The van der Waals surface area contributed by atoms with E-state index in [0.717, 1.165) is 0 Å². The maximum absolute atomic E-state index is 12.0. The van der Waals surface area contributed by atoms with Crippen molar-refractivity contribution in [1.82, 2.24) is 10.6 Å². The lowest BCUT2D eigenvalue weighted by Crippen LogP contribution is -2.44. The lowest BCUT2D eigenvalue weighted by molar-refractivity contribution is -0.122. The molecule has 0 aliphatic rings. The monoisotopic (exact) mass is 313 g/mol. The van der Waals surface area contributed by atoms with Gasteiger partial charge in [0, 0.05) is 12.2 Å². The Morgan fingerprint density at radius 1 is 1.44 bits per heavy atom. The van der Waals surface area contributed by atoms with E-state index in [9.17, 15) is 9.59 Å². The van der Waals surface area contributed by atoms with Gasteiger partial charge < -0.3 is 16.4 Å². The highest BCUT2D eigenvalue weighted by atomic mass is 79.9. The molecule has 0 radical (unpaired) electrons. The number of hydrogen-bond acceptors (Lipinski definition) is 3. The van der Waals surface area contributed by atoms with E-state index in [1.165, 1.54) is 0 Å². The molecule has 0 fully saturated rings. The Bertz CT molecular complexity index is 463. The fourth-order valence-electron chi connectivity index (χ4n) is 1.39. The molecule has 4 N–H and O–H groups in total. The molecular formula is C12H16BrN3O2. The molecule has 6 heteroatoms. The van der Waals surface area contributed by atoms with Gasteiger partial charge in [0.25, 0.3) is 5.91 Å². The molecule has 0 spiro atoms. The van der Waals surface area contributed by atoms with Crippen molar-refractivity contribution in [2.24, 2.45) is 0 Å². The molecule has 0 heterocycles. The second kappa shape index (κ2) is 6.39. The molecule has 1 atom stereocenters. The average molecular weight is 314 g/mol. The molecular weight excluding hydrogens is 298 g/mol. The van der Waals surface area contributed by atoms with Gasteiger partial charge in [-0.2, -0.15) is 0 Å². The zero-order valence-electron chi connectivity index (χ0n) is 10.3. The smallest absolute Gasteiger partial charge is 0.253 e. The average Bonchev–Trinajstić information content (AvgIpc) is 2.32. The Hall–Kier alpha value is -1.56. The molecule has 0 aliphatic heterocycles. The molecule has 0 bridgehead atoms. The van der Waals surface area contributed by atoms with Crippen molar-refractivity contribution >= 4 is 33.4 Å². The highest BCUT2D eigenvalue weighted by Gasteiger charge is 2.18. The summed E-state index contributed by atoms with van der Waals surface area (Å²) in [4.78, 5) is 23.5. The molecule has 0 saturated heterocycles. The molecule has 0 saturated carbocycles. The fraction of sp³-hybridized carbons (Fsp3) is 0.333. The van der Waals surface area contributed by atoms with Gasteiger partial charge in [0.05, 0.1) is 10.0 Å². The third-order valence-corrected chi connectivity index (χ3v) is 3.25. The lowest BCUT2D eigenvalue weighted by Gasteiger charge is -2.14. The zero-order chi connectivity index (χ0) is 13.7. The van der Waals surface area contributed by atoms with Crippen LogP contribution in [0.1, 0.15) is 24.2 Å². The Morgan fingerprint density at radius 3 is 2.72 bits per heavy atom. The van der Waals surface area contributed by atoms with Gasteiger partial charge in [-0.25, -0.2) is 0 Å². The molecule has 0 aliphatic carbocycles. The van der Waals surface area contributed by atoms with Gasteiger partial charge in [-0.15, -0.1) is 0 Å². The van der Waals surface area contributed by atoms with Crippen molar-refractivity contribution in [3.05, 3.63) is 28.2 Å². The molecule has 5 nitrogen and oxygen atoms in total. The third kappa shape index (κ3) is 3.46. The minimum atomic E-state index is -0.592. The normalized spacial score (nSPS) is 11.7. The first-order valence-corrected chi connectivity index (χ1v) is 6.39. The number of rotatable bonds is 4. The quantitative estimate of drug-likeness (QED) is 0.732. The molecule has 1 rings (SSSR count). The summed E-state index contributed by atoms with van der Waals surface area (Å²) < 4.78 is 0.533. The second-order valence-electron chi connectivity index (χ2n) is 3.80. The van der Waals surface area contributed by atoms with Gasteiger partial charge in [-0.05, 0) is 41.9 Å². The minimum absolute atomic E-state index is 0.217. The minimum Gasteiger partial charge on any atom is -0.398 e. The first kappa shape index (κ1) is 14.5. The van der Waals surface area contributed by atoms with Gasteiger partial charge >= 0.3 is 0 Å². The molecule has 0 aromatic heterocycles. The van der Waals surface area contributed by atoms with Crippen LogP contribution in [-0.4, -0.2) is 24.4 Å². The number of halogens is 1. The summed E-state index contributed by atoms with van der Waals surface area (Å²) in [5.41, 5.74) is 6.58. The van der Waals surface area contributed by atoms with Crippen molar-refractivity contribution in [2.75, 3.05) is 12.3 Å². The third-order valence-electron chi connectivity index (χ3n) is 2.37. The van der Waals surface area contributed by atoms with E-state index >= 15 is 0 Å². The number of carbonyl (C=O) groups excluding carboxylic acids is 2. The number of nitrogen functional groups attached to an aromatic ring is 1. The Balaban J connectivity index is 2.77. The van der Waals surface area contributed by atoms with Crippen LogP contribution < -0.4 is 16.4 Å². The fourth-order valence-corrected chi connectivity index (χ4v) is 1.84. The van der Waals surface area contributed by atoms with Crippen molar-refractivity contribution in [1.29, 1.82) is 0 Å². The van der Waals surface area contributed by atoms with Crippen molar-refractivity contribution in [2.45, 2.75) is 19.9 Å². The van der Waals surface area contributed by atoms with Crippen LogP contribution in [0.3, 0.4) is 0 Å². The van der Waals surface area contributed by atoms with E-state index < -0.39 is 6.04 Å². The van der Waals surface area contributed by atoms with Crippen LogP contribution in [0.15, 0.2) is 22.7 Å². The topological polar surface area (TPSA) is 84.2 Å². The Morgan fingerprint density at radius 2 is 2.11 bits per heavy atom. The maximum atomic E-state index is 12.0. The summed E-state index contributed by atoms with van der Waals surface area (Å²) in [7, 11) is 0. The van der Waals surface area contributed by atoms with Gasteiger partial charge in [0.2, 0.25) is 5.91 Å². The SMILES string of the molecule is CCNC(=O)C(C)NC(=O)c1cccc(N)c1Br. The largest absolute Gasteiger partial charge is 0.398 e. The summed E-state index contributed by atoms with van der Waals surface area (Å²) in [6.45, 7) is 3.98. The van der Waals surface area contributed by atoms with E-state index in [1.807, 2.05) is 6.92 Å². The predicted octanol–water partition coefficient (Wildman–Crippen LogP) is 1.29. The maximum Gasteiger partial charge on any atom is 0.253 e. The number of hydrogen-bond donors (Lipinski definition) is 3. The summed E-state index contributed by atoms with van der Waals surface area (Å²) >= 11 is 3.25. The van der Waals surface area contributed by atoms with Crippen molar-refractivity contribution in [3.63, 3.8) is 0 Å². The number of amides is 2. The van der Waals surface area contributed by atoms with Crippen molar-refractivity contribution in [3.8, 4) is 0 Å². The van der Waals surface area contributed by atoms with Crippen LogP contribution in [0.2, 0.25) is 0 Å². The Labute approximate surface area is 114 Å². The highest BCUT2D eigenvalue weighted by Crippen LogP contribution is 2.23. The number of benzene rings is 1. The molecule has 18 heavy (non-hydrogen) atoms. The molecule has 1 unspecified atom stereocenters. The molecule has 1 aromatic carbocycles. The number of carbonyl (C=O) groups is 2. The van der Waals surface area contributed by atoms with Crippen LogP contribution in [0.5, 0.6) is 0 Å². The Kier molecular flexibility index (Phi) is 5.15. The van der Waals surface area contributed by atoms with E-state index in [-0.39, 0.29) is 11.8 Å². The number of anilines is 1. The van der Waals surface area contributed by atoms with Gasteiger partial charge in [-0.3, -0.25) is 9.59 Å². The van der Waals surface area contributed by atoms with E-state index in [2.05, 4.69) is 26.6 Å². The van der Waals surface area contributed by atoms with Crippen molar-refractivity contribution < 1.29 is 9.59 Å². The van der Waals surface area contributed by atoms with E-state index in [0.29, 0.717) is 22.3 Å². The van der Waals surface area contributed by atoms with Crippen LogP contribution in [0, 0.1) is 0 Å². The number of likely N-dealkylation sites (N-methyl/N-ethyl adjacent to an activating group) is 1. The van der Waals surface area contributed by atoms with Crippen LogP contribution >= 0.6 is 15.9 Å². The van der Waals surface area contributed by atoms with Crippen LogP contribution in [0.25, 0.3) is 0 Å². The lowest BCUT2D eigenvalue weighted by atomic mass is 10.1. The second-order valence-corrected chi connectivity index (χ2v) is 4.59.